The van der Waals surface area contributed by atoms with E-state index in [9.17, 15) is 22.4 Å². The maximum Gasteiger partial charge on any atom is 0.254 e. The van der Waals surface area contributed by atoms with E-state index in [0.29, 0.717) is 5.76 Å². The number of carbonyl (C=O) groups is 2. The predicted molar refractivity (Wildman–Crippen MR) is 90.2 cm³/mol. The number of amides is 2. The number of hydrogen-bond acceptors (Lipinski definition) is 5. The monoisotopic (exact) mass is 383 g/mol. The highest BCUT2D eigenvalue weighted by Crippen LogP contribution is 2.15. The van der Waals surface area contributed by atoms with Gasteiger partial charge in [-0.15, -0.1) is 0 Å². The van der Waals surface area contributed by atoms with E-state index in [-0.39, 0.29) is 18.0 Å². The highest BCUT2D eigenvalue weighted by atomic mass is 32.2. The van der Waals surface area contributed by atoms with Gasteiger partial charge in [0.1, 0.15) is 11.6 Å². The number of rotatable bonds is 8. The molecule has 140 valence electrons. The Kier molecular flexibility index (Phi) is 6.47. The van der Waals surface area contributed by atoms with E-state index in [1.807, 2.05) is 0 Å². The van der Waals surface area contributed by atoms with Crippen molar-refractivity contribution in [3.05, 3.63) is 53.7 Å². The zero-order valence-corrected chi connectivity index (χ0v) is 14.7. The standard InChI is InChI=1S/C16H18FN3O5S/c1-2-20-26(23,24)12-5-6-14(17)13(8-12)16(22)19-10-15(21)18-9-11-4-3-7-25-11/h3-8,20H,2,9-10H2,1H3,(H,18,21)(H,19,22). The van der Waals surface area contributed by atoms with Crippen LogP contribution >= 0.6 is 0 Å². The minimum atomic E-state index is -3.83. The molecule has 2 aromatic rings. The minimum absolute atomic E-state index is 0.145. The largest absolute Gasteiger partial charge is 0.467 e. The van der Waals surface area contributed by atoms with Gasteiger partial charge in [0.05, 0.1) is 29.8 Å². The number of nitrogens with one attached hydrogen (secondary N) is 3. The third-order valence-corrected chi connectivity index (χ3v) is 4.82. The summed E-state index contributed by atoms with van der Waals surface area (Å²) < 4.78 is 45.0. The van der Waals surface area contributed by atoms with Crippen LogP contribution in [0.1, 0.15) is 23.0 Å². The fourth-order valence-corrected chi connectivity index (χ4v) is 3.10. The SMILES string of the molecule is CCNS(=O)(=O)c1ccc(F)c(C(=O)NCC(=O)NCc2ccco2)c1. The third kappa shape index (κ3) is 5.14. The van der Waals surface area contributed by atoms with Crippen LogP contribution in [0.15, 0.2) is 45.9 Å². The van der Waals surface area contributed by atoms with Gasteiger partial charge in [-0.05, 0) is 30.3 Å². The van der Waals surface area contributed by atoms with Gasteiger partial charge in [0.2, 0.25) is 15.9 Å². The molecule has 0 radical (unpaired) electrons. The Morgan fingerprint density at radius 1 is 1.19 bits per heavy atom. The topological polar surface area (TPSA) is 118 Å². The van der Waals surface area contributed by atoms with E-state index in [4.69, 9.17) is 4.42 Å². The van der Waals surface area contributed by atoms with Crippen molar-refractivity contribution in [3.63, 3.8) is 0 Å². The summed E-state index contributed by atoms with van der Waals surface area (Å²) in [5.74, 6) is -1.76. The second kappa shape index (κ2) is 8.59. The summed E-state index contributed by atoms with van der Waals surface area (Å²) in [6.07, 6.45) is 1.46. The van der Waals surface area contributed by atoms with E-state index in [2.05, 4.69) is 15.4 Å². The molecule has 1 aromatic carbocycles. The molecule has 0 saturated carbocycles. The molecule has 3 N–H and O–H groups in total. The molecule has 0 aliphatic heterocycles. The number of furan rings is 1. The van der Waals surface area contributed by atoms with Crippen molar-refractivity contribution in [2.75, 3.05) is 13.1 Å². The number of hydrogen-bond donors (Lipinski definition) is 3. The first-order chi connectivity index (χ1) is 12.3. The molecule has 0 aliphatic rings. The van der Waals surface area contributed by atoms with Crippen LogP contribution < -0.4 is 15.4 Å². The molecule has 0 bridgehead atoms. The molecule has 0 aliphatic carbocycles. The van der Waals surface area contributed by atoms with Crippen molar-refractivity contribution < 1.29 is 26.8 Å². The third-order valence-electron chi connectivity index (χ3n) is 3.28. The molecule has 8 nitrogen and oxygen atoms in total. The highest BCUT2D eigenvalue weighted by Gasteiger charge is 2.19. The summed E-state index contributed by atoms with van der Waals surface area (Å²) in [6, 6.07) is 6.20. The van der Waals surface area contributed by atoms with Gasteiger partial charge in [0.25, 0.3) is 5.91 Å². The maximum atomic E-state index is 13.9. The molecule has 2 amide bonds. The molecule has 0 unspecified atom stereocenters. The van der Waals surface area contributed by atoms with E-state index < -0.39 is 39.8 Å². The Labute approximate surface area is 149 Å². The Morgan fingerprint density at radius 3 is 2.62 bits per heavy atom. The van der Waals surface area contributed by atoms with Crippen LogP contribution in [0.3, 0.4) is 0 Å². The molecule has 0 atom stereocenters. The van der Waals surface area contributed by atoms with Crippen LogP contribution in [0.5, 0.6) is 0 Å². The van der Waals surface area contributed by atoms with Gasteiger partial charge in [-0.1, -0.05) is 6.92 Å². The molecule has 0 saturated heterocycles. The second-order valence-electron chi connectivity index (χ2n) is 5.18. The molecular formula is C16H18FN3O5S. The lowest BCUT2D eigenvalue weighted by Gasteiger charge is -2.09. The molecule has 2 rings (SSSR count). The number of benzene rings is 1. The van der Waals surface area contributed by atoms with Crippen LogP contribution in [0.4, 0.5) is 4.39 Å². The smallest absolute Gasteiger partial charge is 0.254 e. The molecule has 1 aromatic heterocycles. The number of halogens is 1. The average Bonchev–Trinajstić information content (AvgIpc) is 3.11. The summed E-state index contributed by atoms with van der Waals surface area (Å²) in [7, 11) is -3.83. The molecule has 0 spiro atoms. The lowest BCUT2D eigenvalue weighted by Crippen LogP contribution is -2.37. The van der Waals surface area contributed by atoms with Crippen molar-refractivity contribution >= 4 is 21.8 Å². The summed E-state index contributed by atoms with van der Waals surface area (Å²) in [5.41, 5.74) is -0.470. The minimum Gasteiger partial charge on any atom is -0.467 e. The highest BCUT2D eigenvalue weighted by molar-refractivity contribution is 7.89. The van der Waals surface area contributed by atoms with Gasteiger partial charge in [0.15, 0.2) is 0 Å². The van der Waals surface area contributed by atoms with Crippen molar-refractivity contribution in [2.45, 2.75) is 18.4 Å². The van der Waals surface area contributed by atoms with E-state index in [1.54, 1.807) is 19.1 Å². The first kappa shape index (κ1) is 19.6. The van der Waals surface area contributed by atoms with Gasteiger partial charge in [-0.25, -0.2) is 17.5 Å². The molecule has 1 heterocycles. The normalized spacial score (nSPS) is 11.2. The van der Waals surface area contributed by atoms with Crippen LogP contribution in [0, 0.1) is 5.82 Å². The lowest BCUT2D eigenvalue weighted by molar-refractivity contribution is -0.120. The summed E-state index contributed by atoms with van der Waals surface area (Å²) in [5, 5.41) is 4.76. The molecular weight excluding hydrogens is 365 g/mol. The van der Waals surface area contributed by atoms with Crippen molar-refractivity contribution in [2.24, 2.45) is 0 Å². The maximum absolute atomic E-state index is 13.9. The lowest BCUT2D eigenvalue weighted by atomic mass is 10.2. The summed E-state index contributed by atoms with van der Waals surface area (Å²) in [4.78, 5) is 23.5. The summed E-state index contributed by atoms with van der Waals surface area (Å²) in [6.45, 7) is 1.49. The van der Waals surface area contributed by atoms with Crippen LogP contribution in [-0.4, -0.2) is 33.3 Å². The van der Waals surface area contributed by atoms with E-state index in [0.717, 1.165) is 18.2 Å². The van der Waals surface area contributed by atoms with Crippen molar-refractivity contribution in [3.8, 4) is 0 Å². The second-order valence-corrected chi connectivity index (χ2v) is 6.95. The first-order valence-corrected chi connectivity index (χ1v) is 9.18. The first-order valence-electron chi connectivity index (χ1n) is 7.70. The van der Waals surface area contributed by atoms with Gasteiger partial charge < -0.3 is 15.1 Å². The van der Waals surface area contributed by atoms with Gasteiger partial charge >= 0.3 is 0 Å². The fraction of sp³-hybridized carbons (Fsp3) is 0.250. The number of carbonyl (C=O) groups excluding carboxylic acids is 2. The zero-order valence-electron chi connectivity index (χ0n) is 13.9. The van der Waals surface area contributed by atoms with Crippen LogP contribution in [0.2, 0.25) is 0 Å². The molecule has 10 heteroatoms. The quantitative estimate of drug-likeness (QED) is 0.622. The van der Waals surface area contributed by atoms with E-state index >= 15 is 0 Å². The van der Waals surface area contributed by atoms with Crippen molar-refractivity contribution in [1.82, 2.24) is 15.4 Å². The Balaban J connectivity index is 1.99. The fourth-order valence-electron chi connectivity index (χ4n) is 2.04. The average molecular weight is 383 g/mol. The Bertz CT molecular complexity index is 881. The predicted octanol–water partition coefficient (Wildman–Crippen LogP) is 0.763. The van der Waals surface area contributed by atoms with Gasteiger partial charge in [0, 0.05) is 6.54 Å². The Morgan fingerprint density at radius 2 is 1.96 bits per heavy atom. The molecule has 26 heavy (non-hydrogen) atoms. The summed E-state index contributed by atoms with van der Waals surface area (Å²) >= 11 is 0. The Hall–Kier alpha value is -2.72. The zero-order chi connectivity index (χ0) is 19.2. The van der Waals surface area contributed by atoms with Gasteiger partial charge in [-0.3, -0.25) is 9.59 Å². The van der Waals surface area contributed by atoms with Crippen LogP contribution in [0.25, 0.3) is 0 Å². The van der Waals surface area contributed by atoms with Gasteiger partial charge in [-0.2, -0.15) is 0 Å². The number of sulfonamides is 1. The van der Waals surface area contributed by atoms with Crippen molar-refractivity contribution in [1.29, 1.82) is 0 Å². The van der Waals surface area contributed by atoms with Crippen LogP contribution in [-0.2, 0) is 21.4 Å². The molecule has 0 fully saturated rings. The van der Waals surface area contributed by atoms with E-state index in [1.165, 1.54) is 6.26 Å².